The molecule has 0 atom stereocenters. The van der Waals surface area contributed by atoms with Gasteiger partial charge in [-0.15, -0.1) is 0 Å². The number of rotatable bonds is 5. The summed E-state index contributed by atoms with van der Waals surface area (Å²) in [5, 5.41) is 0. The quantitative estimate of drug-likeness (QED) is 0.892. The Labute approximate surface area is 115 Å². The van der Waals surface area contributed by atoms with Crippen LogP contribution in [0.4, 0.5) is 5.69 Å². The topological polar surface area (TPSA) is 42.2 Å². The molecule has 0 amide bonds. The van der Waals surface area contributed by atoms with Crippen LogP contribution in [0.25, 0.3) is 0 Å². The zero-order chi connectivity index (χ0) is 13.7. The minimum atomic E-state index is 0.446. The zero-order valence-corrected chi connectivity index (χ0v) is 11.6. The summed E-state index contributed by atoms with van der Waals surface area (Å²) in [5.74, 6) is 0. The molecule has 3 nitrogen and oxygen atoms in total. The van der Waals surface area contributed by atoms with Crippen LogP contribution < -0.4 is 5.73 Å². The van der Waals surface area contributed by atoms with Gasteiger partial charge in [0.1, 0.15) is 0 Å². The summed E-state index contributed by atoms with van der Waals surface area (Å²) < 4.78 is 0. The largest absolute Gasteiger partial charge is 0.397 e. The molecule has 2 rings (SSSR count). The molecule has 0 aliphatic heterocycles. The SMILES string of the molecule is CC(C)N(Cc1ccccc1)Cc1ncccc1N. The van der Waals surface area contributed by atoms with Gasteiger partial charge >= 0.3 is 0 Å². The maximum absolute atomic E-state index is 5.97. The van der Waals surface area contributed by atoms with Gasteiger partial charge in [0.15, 0.2) is 0 Å². The monoisotopic (exact) mass is 255 g/mol. The number of nitrogens with two attached hydrogens (primary N) is 1. The first-order valence-corrected chi connectivity index (χ1v) is 6.64. The highest BCUT2D eigenvalue weighted by molar-refractivity contribution is 5.41. The Hall–Kier alpha value is -1.87. The van der Waals surface area contributed by atoms with Gasteiger partial charge in [-0.2, -0.15) is 0 Å². The molecule has 19 heavy (non-hydrogen) atoms. The Kier molecular flexibility index (Phi) is 4.53. The second-order valence-electron chi connectivity index (χ2n) is 5.02. The van der Waals surface area contributed by atoms with Crippen molar-refractivity contribution in [1.82, 2.24) is 9.88 Å². The van der Waals surface area contributed by atoms with Gasteiger partial charge in [0.25, 0.3) is 0 Å². The van der Waals surface area contributed by atoms with Crippen molar-refractivity contribution in [2.45, 2.75) is 33.0 Å². The normalized spacial score (nSPS) is 11.2. The van der Waals surface area contributed by atoms with E-state index in [1.807, 2.05) is 18.2 Å². The highest BCUT2D eigenvalue weighted by Crippen LogP contribution is 2.15. The lowest BCUT2D eigenvalue weighted by atomic mass is 10.1. The molecule has 0 saturated carbocycles. The lowest BCUT2D eigenvalue weighted by Gasteiger charge is -2.26. The van der Waals surface area contributed by atoms with E-state index in [2.05, 4.69) is 48.0 Å². The average Bonchev–Trinajstić information content (AvgIpc) is 2.41. The van der Waals surface area contributed by atoms with Gasteiger partial charge in [0, 0.05) is 25.3 Å². The lowest BCUT2D eigenvalue weighted by molar-refractivity contribution is 0.201. The number of nitrogens with zero attached hydrogens (tertiary/aromatic N) is 2. The zero-order valence-electron chi connectivity index (χ0n) is 11.6. The second-order valence-corrected chi connectivity index (χ2v) is 5.02. The van der Waals surface area contributed by atoms with Gasteiger partial charge in [-0.25, -0.2) is 0 Å². The minimum absolute atomic E-state index is 0.446. The second kappa shape index (κ2) is 6.34. The Morgan fingerprint density at radius 2 is 1.79 bits per heavy atom. The molecule has 1 aromatic heterocycles. The lowest BCUT2D eigenvalue weighted by Crippen LogP contribution is -2.30. The molecule has 0 aliphatic rings. The first-order valence-electron chi connectivity index (χ1n) is 6.64. The molecule has 3 heteroatoms. The first-order chi connectivity index (χ1) is 9.16. The van der Waals surface area contributed by atoms with Crippen molar-refractivity contribution in [1.29, 1.82) is 0 Å². The van der Waals surface area contributed by atoms with Crippen LogP contribution in [0.15, 0.2) is 48.7 Å². The van der Waals surface area contributed by atoms with Gasteiger partial charge in [0.05, 0.1) is 11.4 Å². The fourth-order valence-corrected chi connectivity index (χ4v) is 2.01. The summed E-state index contributed by atoms with van der Waals surface area (Å²) in [6.07, 6.45) is 1.80. The molecule has 0 spiro atoms. The van der Waals surface area contributed by atoms with Gasteiger partial charge < -0.3 is 5.73 Å². The van der Waals surface area contributed by atoms with E-state index in [1.54, 1.807) is 6.20 Å². The van der Waals surface area contributed by atoms with E-state index < -0.39 is 0 Å². The van der Waals surface area contributed by atoms with E-state index in [-0.39, 0.29) is 0 Å². The molecule has 0 fully saturated rings. The number of hydrogen-bond acceptors (Lipinski definition) is 3. The summed E-state index contributed by atoms with van der Waals surface area (Å²) >= 11 is 0. The number of hydrogen-bond donors (Lipinski definition) is 1. The predicted molar refractivity (Wildman–Crippen MR) is 79.5 cm³/mol. The Balaban J connectivity index is 2.11. The van der Waals surface area contributed by atoms with Gasteiger partial charge in [-0.1, -0.05) is 30.3 Å². The number of pyridine rings is 1. The van der Waals surface area contributed by atoms with E-state index in [4.69, 9.17) is 5.73 Å². The molecule has 1 aromatic carbocycles. The molecular formula is C16H21N3. The van der Waals surface area contributed by atoms with Crippen molar-refractivity contribution >= 4 is 5.69 Å². The summed E-state index contributed by atoms with van der Waals surface area (Å²) in [6.45, 7) is 6.08. The van der Waals surface area contributed by atoms with E-state index in [0.29, 0.717) is 6.04 Å². The highest BCUT2D eigenvalue weighted by atomic mass is 15.2. The summed E-state index contributed by atoms with van der Waals surface area (Å²) in [4.78, 5) is 6.74. The van der Waals surface area contributed by atoms with Gasteiger partial charge in [-0.3, -0.25) is 9.88 Å². The fraction of sp³-hybridized carbons (Fsp3) is 0.312. The third-order valence-corrected chi connectivity index (χ3v) is 3.24. The molecular weight excluding hydrogens is 234 g/mol. The number of nitrogen functional groups attached to an aromatic ring is 1. The van der Waals surface area contributed by atoms with Crippen LogP contribution >= 0.6 is 0 Å². The van der Waals surface area contributed by atoms with Crippen LogP contribution in [0, 0.1) is 0 Å². The number of aromatic nitrogens is 1. The molecule has 0 aliphatic carbocycles. The smallest absolute Gasteiger partial charge is 0.0772 e. The van der Waals surface area contributed by atoms with Crippen molar-refractivity contribution in [2.24, 2.45) is 0 Å². The first kappa shape index (κ1) is 13.6. The summed E-state index contributed by atoms with van der Waals surface area (Å²) in [7, 11) is 0. The van der Waals surface area contributed by atoms with E-state index >= 15 is 0 Å². The van der Waals surface area contributed by atoms with Crippen LogP contribution in [0.3, 0.4) is 0 Å². The molecule has 2 N–H and O–H groups in total. The Bertz CT molecular complexity index is 508. The van der Waals surface area contributed by atoms with Crippen LogP contribution in [0.2, 0.25) is 0 Å². The number of anilines is 1. The maximum atomic E-state index is 5.97. The maximum Gasteiger partial charge on any atom is 0.0772 e. The van der Waals surface area contributed by atoms with Crippen molar-refractivity contribution in [3.63, 3.8) is 0 Å². The van der Waals surface area contributed by atoms with Crippen LogP contribution in [0.1, 0.15) is 25.1 Å². The van der Waals surface area contributed by atoms with Crippen molar-refractivity contribution in [3.05, 3.63) is 59.9 Å². The standard InChI is InChI=1S/C16H21N3/c1-13(2)19(11-14-7-4-3-5-8-14)12-16-15(17)9-6-10-18-16/h3-10,13H,11-12,17H2,1-2H3. The fourth-order valence-electron chi connectivity index (χ4n) is 2.01. The highest BCUT2D eigenvalue weighted by Gasteiger charge is 2.12. The Morgan fingerprint density at radius 1 is 1.05 bits per heavy atom. The molecule has 100 valence electrons. The predicted octanol–water partition coefficient (Wildman–Crippen LogP) is 3.07. The molecule has 2 aromatic rings. The molecule has 0 radical (unpaired) electrons. The molecule has 0 bridgehead atoms. The van der Waals surface area contributed by atoms with E-state index in [0.717, 1.165) is 24.5 Å². The molecule has 0 saturated heterocycles. The summed E-state index contributed by atoms with van der Waals surface area (Å²) in [5.41, 5.74) is 9.00. The molecule has 1 heterocycles. The van der Waals surface area contributed by atoms with Crippen LogP contribution in [-0.4, -0.2) is 15.9 Å². The van der Waals surface area contributed by atoms with Crippen LogP contribution in [-0.2, 0) is 13.1 Å². The minimum Gasteiger partial charge on any atom is -0.397 e. The van der Waals surface area contributed by atoms with Gasteiger partial charge in [0.2, 0.25) is 0 Å². The number of benzene rings is 1. The molecule has 0 unspecified atom stereocenters. The summed E-state index contributed by atoms with van der Waals surface area (Å²) in [6, 6.07) is 14.7. The van der Waals surface area contributed by atoms with E-state index in [1.165, 1.54) is 5.56 Å². The van der Waals surface area contributed by atoms with Crippen molar-refractivity contribution in [3.8, 4) is 0 Å². The van der Waals surface area contributed by atoms with Gasteiger partial charge in [-0.05, 0) is 31.5 Å². The third kappa shape index (κ3) is 3.80. The van der Waals surface area contributed by atoms with E-state index in [9.17, 15) is 0 Å². The van der Waals surface area contributed by atoms with Crippen LogP contribution in [0.5, 0.6) is 0 Å². The van der Waals surface area contributed by atoms with Crippen molar-refractivity contribution in [2.75, 3.05) is 5.73 Å². The average molecular weight is 255 g/mol. The van der Waals surface area contributed by atoms with Crippen molar-refractivity contribution < 1.29 is 0 Å². The Morgan fingerprint density at radius 3 is 2.42 bits per heavy atom. The third-order valence-electron chi connectivity index (χ3n) is 3.24.